The molecule has 0 aliphatic carbocycles. The van der Waals surface area contributed by atoms with E-state index in [1.807, 2.05) is 25.2 Å². The van der Waals surface area contributed by atoms with Crippen molar-refractivity contribution in [3.63, 3.8) is 0 Å². The lowest BCUT2D eigenvalue weighted by Gasteiger charge is -2.21. The Morgan fingerprint density at radius 2 is 1.59 bits per heavy atom. The summed E-state index contributed by atoms with van der Waals surface area (Å²) in [5.74, 6) is 0. The Labute approximate surface area is 139 Å². The molecule has 120 valence electrons. The lowest BCUT2D eigenvalue weighted by Crippen LogP contribution is -2.51. The van der Waals surface area contributed by atoms with E-state index in [9.17, 15) is 0 Å². The van der Waals surface area contributed by atoms with Crippen molar-refractivity contribution in [1.29, 1.82) is 0 Å². The van der Waals surface area contributed by atoms with Gasteiger partial charge in [-0.1, -0.05) is 54.7 Å². The van der Waals surface area contributed by atoms with Crippen LogP contribution in [0.1, 0.15) is 18.7 Å². The van der Waals surface area contributed by atoms with E-state index in [0.717, 1.165) is 6.42 Å². The van der Waals surface area contributed by atoms with Gasteiger partial charge in [-0.15, -0.1) is 11.3 Å². The molecule has 4 heteroatoms. The maximum Gasteiger partial charge on any atom is 0.162 e. The van der Waals surface area contributed by atoms with Crippen LogP contribution in [0.3, 0.4) is 0 Å². The summed E-state index contributed by atoms with van der Waals surface area (Å²) in [6, 6.07) is 15.4. The molecular weight excluding hydrogens is 308 g/mol. The number of ether oxygens (including phenoxy) is 2. The van der Waals surface area contributed by atoms with Gasteiger partial charge < -0.3 is 9.47 Å². The van der Waals surface area contributed by atoms with Crippen molar-refractivity contribution in [2.75, 3.05) is 13.2 Å². The first-order chi connectivity index (χ1) is 10.6. The van der Waals surface area contributed by atoms with Gasteiger partial charge in [0.1, 0.15) is 8.07 Å². The van der Waals surface area contributed by atoms with E-state index in [2.05, 4.69) is 55.6 Å². The molecule has 0 aliphatic heterocycles. The van der Waals surface area contributed by atoms with Crippen LogP contribution >= 0.6 is 11.3 Å². The normalized spacial score (nSPS) is 12.0. The molecule has 22 heavy (non-hydrogen) atoms. The summed E-state index contributed by atoms with van der Waals surface area (Å²) in [5.41, 5.74) is 0. The van der Waals surface area contributed by atoms with Crippen molar-refractivity contribution in [1.82, 2.24) is 0 Å². The molecule has 0 atom stereocenters. The first kappa shape index (κ1) is 17.4. The van der Waals surface area contributed by atoms with E-state index >= 15 is 0 Å². The van der Waals surface area contributed by atoms with E-state index in [4.69, 9.17) is 9.47 Å². The van der Waals surface area contributed by atoms with Gasteiger partial charge in [-0.25, -0.2) is 0 Å². The minimum atomic E-state index is -1.59. The summed E-state index contributed by atoms with van der Waals surface area (Å²) >= 11 is 1.92. The monoisotopic (exact) mass is 334 g/mol. The molecule has 0 radical (unpaired) electrons. The number of benzene rings is 1. The van der Waals surface area contributed by atoms with E-state index in [1.165, 1.54) is 14.6 Å². The second-order valence-corrected chi connectivity index (χ2v) is 11.7. The maximum absolute atomic E-state index is 5.66. The van der Waals surface area contributed by atoms with E-state index in [1.54, 1.807) is 0 Å². The second kappa shape index (κ2) is 8.06. The average Bonchev–Trinajstić information content (AvgIpc) is 2.98. The summed E-state index contributed by atoms with van der Waals surface area (Å²) in [6.07, 6.45) is 0.717. The fourth-order valence-electron chi connectivity index (χ4n) is 2.52. The van der Waals surface area contributed by atoms with Gasteiger partial charge in [0.15, 0.2) is 6.29 Å². The molecule has 2 nitrogen and oxygen atoms in total. The van der Waals surface area contributed by atoms with Crippen LogP contribution < -0.4 is 9.69 Å². The third kappa shape index (κ3) is 4.29. The summed E-state index contributed by atoms with van der Waals surface area (Å²) < 4.78 is 12.8. The van der Waals surface area contributed by atoms with Crippen LogP contribution in [0.15, 0.2) is 42.5 Å². The highest BCUT2D eigenvalue weighted by atomic mass is 32.1. The zero-order chi connectivity index (χ0) is 16.0. The zero-order valence-electron chi connectivity index (χ0n) is 14.0. The Hall–Kier alpha value is -0.943. The Morgan fingerprint density at radius 1 is 0.955 bits per heavy atom. The first-order valence-electron chi connectivity index (χ1n) is 7.95. The van der Waals surface area contributed by atoms with E-state index in [0.29, 0.717) is 13.2 Å². The predicted octanol–water partition coefficient (Wildman–Crippen LogP) is 3.51. The Morgan fingerprint density at radius 3 is 2.18 bits per heavy atom. The molecule has 0 amide bonds. The SMILES string of the molecule is CCOC(Cc1ccc([Si](C)(C)c2ccccc2)s1)OCC. The predicted molar refractivity (Wildman–Crippen MR) is 98.3 cm³/mol. The van der Waals surface area contributed by atoms with Crippen LogP contribution in [0.4, 0.5) is 0 Å². The third-order valence-electron chi connectivity index (χ3n) is 3.85. The van der Waals surface area contributed by atoms with Gasteiger partial charge in [0.05, 0.1) is 0 Å². The lowest BCUT2D eigenvalue weighted by atomic mass is 10.3. The van der Waals surface area contributed by atoms with Crippen molar-refractivity contribution >= 4 is 29.1 Å². The Kier molecular flexibility index (Phi) is 6.38. The highest BCUT2D eigenvalue weighted by Gasteiger charge is 2.27. The van der Waals surface area contributed by atoms with Crippen LogP contribution in [-0.4, -0.2) is 27.6 Å². The smallest absolute Gasteiger partial charge is 0.162 e. The van der Waals surface area contributed by atoms with Gasteiger partial charge in [-0.2, -0.15) is 0 Å². The highest BCUT2D eigenvalue weighted by Crippen LogP contribution is 2.17. The first-order valence-corrected chi connectivity index (χ1v) is 11.8. The third-order valence-corrected chi connectivity index (χ3v) is 9.78. The molecule has 1 aromatic carbocycles. The molecule has 2 aromatic rings. The van der Waals surface area contributed by atoms with Crippen LogP contribution in [0.5, 0.6) is 0 Å². The molecule has 0 N–H and O–H groups in total. The van der Waals surface area contributed by atoms with Crippen LogP contribution in [0, 0.1) is 0 Å². The van der Waals surface area contributed by atoms with Crippen LogP contribution in [0.2, 0.25) is 13.1 Å². The Balaban J connectivity index is 2.13. The van der Waals surface area contributed by atoms with Crippen LogP contribution in [0.25, 0.3) is 0 Å². The van der Waals surface area contributed by atoms with Gasteiger partial charge in [-0.05, 0) is 24.4 Å². The zero-order valence-corrected chi connectivity index (χ0v) is 15.8. The van der Waals surface area contributed by atoms with Crippen LogP contribution in [-0.2, 0) is 15.9 Å². The van der Waals surface area contributed by atoms with E-state index < -0.39 is 8.07 Å². The standard InChI is InChI=1S/C18H26O2SSi/c1-5-19-17(20-6-2)14-15-12-13-18(21-15)22(3,4)16-10-8-7-9-11-16/h7-13,17H,5-6,14H2,1-4H3. The van der Waals surface area contributed by atoms with E-state index in [-0.39, 0.29) is 6.29 Å². The molecule has 0 saturated carbocycles. The molecule has 0 unspecified atom stereocenters. The molecular formula is C18H26O2SSi. The number of rotatable bonds is 8. The van der Waals surface area contributed by atoms with Crippen molar-refractivity contribution in [2.45, 2.75) is 39.7 Å². The fourth-order valence-corrected chi connectivity index (χ4v) is 6.87. The molecule has 0 bridgehead atoms. The topological polar surface area (TPSA) is 18.5 Å². The minimum Gasteiger partial charge on any atom is -0.353 e. The molecule has 0 aliphatic rings. The summed E-state index contributed by atoms with van der Waals surface area (Å²) in [7, 11) is -1.59. The quantitative estimate of drug-likeness (QED) is 0.543. The molecule has 0 saturated heterocycles. The van der Waals surface area contributed by atoms with Crippen molar-refractivity contribution < 1.29 is 9.47 Å². The lowest BCUT2D eigenvalue weighted by molar-refractivity contribution is -0.134. The largest absolute Gasteiger partial charge is 0.353 e. The average molecular weight is 335 g/mol. The van der Waals surface area contributed by atoms with Crippen molar-refractivity contribution in [3.8, 4) is 0 Å². The molecule has 1 heterocycles. The molecule has 0 spiro atoms. The van der Waals surface area contributed by atoms with Gasteiger partial charge in [0.2, 0.25) is 0 Å². The molecule has 0 fully saturated rings. The number of thiophene rings is 1. The Bertz CT molecular complexity index is 559. The minimum absolute atomic E-state index is 0.122. The van der Waals surface area contributed by atoms with Gasteiger partial charge >= 0.3 is 0 Å². The maximum atomic E-state index is 5.66. The van der Waals surface area contributed by atoms with Gasteiger partial charge in [-0.3, -0.25) is 0 Å². The summed E-state index contributed by atoms with van der Waals surface area (Å²) in [5, 5.41) is 1.48. The molecule has 1 aromatic heterocycles. The highest BCUT2D eigenvalue weighted by molar-refractivity contribution is 7.29. The summed E-state index contributed by atoms with van der Waals surface area (Å²) in [4.78, 5) is 1.35. The van der Waals surface area contributed by atoms with Crippen molar-refractivity contribution in [2.24, 2.45) is 0 Å². The fraction of sp³-hybridized carbons (Fsp3) is 0.444. The van der Waals surface area contributed by atoms with Gasteiger partial charge in [0, 0.05) is 24.5 Å². The number of hydrogen-bond acceptors (Lipinski definition) is 3. The second-order valence-electron chi connectivity index (χ2n) is 5.80. The molecule has 2 rings (SSSR count). The van der Waals surface area contributed by atoms with Gasteiger partial charge in [0.25, 0.3) is 0 Å². The number of hydrogen-bond donors (Lipinski definition) is 0. The summed E-state index contributed by atoms with van der Waals surface area (Å²) in [6.45, 7) is 10.2. The van der Waals surface area contributed by atoms with Crippen molar-refractivity contribution in [3.05, 3.63) is 47.3 Å².